The topological polar surface area (TPSA) is 18.5 Å². The molecular weight excluding hydrogens is 463 g/mol. The number of benzene rings is 2. The first-order chi connectivity index (χ1) is 11.7. The molecule has 1 heterocycles. The number of ether oxygens (including phenoxy) is 2. The van der Waals surface area contributed by atoms with Crippen LogP contribution in [0, 0.1) is 0 Å². The molecule has 3 aromatic rings. The lowest BCUT2D eigenvalue weighted by Gasteiger charge is -2.04. The lowest BCUT2D eigenvalue weighted by atomic mass is 10.1. The molecule has 0 N–H and O–H groups in total. The molecule has 0 saturated carbocycles. The Morgan fingerprint density at radius 1 is 0.720 bits per heavy atom. The van der Waals surface area contributed by atoms with Crippen molar-refractivity contribution in [3.05, 3.63) is 60.7 Å². The predicted molar refractivity (Wildman–Crippen MR) is 104 cm³/mol. The van der Waals surface area contributed by atoms with Crippen molar-refractivity contribution in [2.75, 3.05) is 20.5 Å². The van der Waals surface area contributed by atoms with Crippen LogP contribution in [0.5, 0.6) is 11.5 Å². The maximum Gasteiger partial charge on any atom is 0.272 e. The van der Waals surface area contributed by atoms with Gasteiger partial charge in [0.15, 0.2) is 0 Å². The van der Waals surface area contributed by atoms with Gasteiger partial charge in [-0.05, 0) is 54.3 Å². The second-order valence-electron chi connectivity index (χ2n) is 5.16. The molecule has 5 heteroatoms. The Kier molecular flexibility index (Phi) is 7.53. The number of thioether (sulfide) groups is 1. The summed E-state index contributed by atoms with van der Waals surface area (Å²) in [5, 5.41) is 0. The summed E-state index contributed by atoms with van der Waals surface area (Å²) >= 11 is 3.59. The van der Waals surface area contributed by atoms with Gasteiger partial charge < -0.3 is 33.5 Å². The molecule has 130 valence electrons. The van der Waals surface area contributed by atoms with Gasteiger partial charge in [-0.2, -0.15) is 0 Å². The Balaban J connectivity index is 0.00000225. The molecular formula is C20H19IO2S2. The third-order valence-corrected chi connectivity index (χ3v) is 6.12. The summed E-state index contributed by atoms with van der Waals surface area (Å²) in [6, 6.07) is 20.8. The van der Waals surface area contributed by atoms with E-state index < -0.39 is 0 Å². The Morgan fingerprint density at radius 2 is 1.24 bits per heavy atom. The molecule has 0 saturated heterocycles. The minimum absolute atomic E-state index is 0. The quantitative estimate of drug-likeness (QED) is 0.317. The monoisotopic (exact) mass is 482 g/mol. The molecule has 0 amide bonds. The minimum Gasteiger partial charge on any atom is -1.00 e. The van der Waals surface area contributed by atoms with Crippen molar-refractivity contribution in [2.24, 2.45) is 0 Å². The lowest BCUT2D eigenvalue weighted by Crippen LogP contribution is -3.00. The van der Waals surface area contributed by atoms with E-state index >= 15 is 0 Å². The van der Waals surface area contributed by atoms with Gasteiger partial charge in [0.05, 0.1) is 19.8 Å². The highest BCUT2D eigenvalue weighted by atomic mass is 127. The summed E-state index contributed by atoms with van der Waals surface area (Å²) in [6.07, 6.45) is 2.12. The van der Waals surface area contributed by atoms with E-state index in [4.69, 9.17) is 9.47 Å². The molecule has 0 aliphatic rings. The van der Waals surface area contributed by atoms with Crippen LogP contribution in [-0.2, 0) is 0 Å². The van der Waals surface area contributed by atoms with E-state index in [1.54, 1.807) is 26.0 Å². The highest BCUT2D eigenvalue weighted by Crippen LogP contribution is 2.39. The van der Waals surface area contributed by atoms with Crippen LogP contribution in [0.3, 0.4) is 0 Å². The zero-order valence-corrected chi connectivity index (χ0v) is 18.1. The molecule has 2 nitrogen and oxygen atoms in total. The van der Waals surface area contributed by atoms with Crippen LogP contribution < -0.4 is 33.5 Å². The molecule has 25 heavy (non-hydrogen) atoms. The van der Waals surface area contributed by atoms with Crippen molar-refractivity contribution in [3.63, 3.8) is 0 Å². The highest BCUT2D eigenvalue weighted by molar-refractivity contribution is 8.00. The van der Waals surface area contributed by atoms with Gasteiger partial charge in [-0.3, -0.25) is 0 Å². The van der Waals surface area contributed by atoms with Crippen LogP contribution in [0.1, 0.15) is 0 Å². The van der Waals surface area contributed by atoms with Crippen LogP contribution in [0.25, 0.3) is 21.6 Å². The van der Waals surface area contributed by atoms with Gasteiger partial charge in [0.1, 0.15) is 11.5 Å². The van der Waals surface area contributed by atoms with E-state index in [1.165, 1.54) is 25.8 Å². The van der Waals surface area contributed by atoms with Crippen molar-refractivity contribution >= 4 is 23.1 Å². The minimum atomic E-state index is 0. The summed E-state index contributed by atoms with van der Waals surface area (Å²) in [5.41, 5.74) is 3.67. The summed E-state index contributed by atoms with van der Waals surface area (Å²) in [7, 11) is 3.38. The summed E-state index contributed by atoms with van der Waals surface area (Å²) < 4.78 is 11.8. The van der Waals surface area contributed by atoms with Crippen molar-refractivity contribution in [1.82, 2.24) is 0 Å². The van der Waals surface area contributed by atoms with E-state index in [-0.39, 0.29) is 24.0 Å². The molecule has 0 fully saturated rings. The number of halogens is 1. The van der Waals surface area contributed by atoms with E-state index in [0.717, 1.165) is 11.5 Å². The van der Waals surface area contributed by atoms with Crippen LogP contribution in [0.4, 0.5) is 0 Å². The maximum atomic E-state index is 5.24. The maximum absolute atomic E-state index is 5.24. The number of hydrogen-bond donors (Lipinski definition) is 0. The van der Waals surface area contributed by atoms with E-state index in [0.29, 0.717) is 0 Å². The molecule has 2 aromatic carbocycles. The first kappa shape index (κ1) is 20.0. The van der Waals surface area contributed by atoms with Gasteiger partial charge >= 0.3 is 0 Å². The highest BCUT2D eigenvalue weighted by Gasteiger charge is 2.19. The number of methoxy groups -OCH3 is 2. The second kappa shape index (κ2) is 9.40. The van der Waals surface area contributed by atoms with Gasteiger partial charge in [-0.1, -0.05) is 23.9 Å². The average Bonchev–Trinajstić information content (AvgIpc) is 2.67. The molecule has 0 unspecified atom stereocenters. The Morgan fingerprint density at radius 3 is 1.72 bits per heavy atom. The second-order valence-corrected chi connectivity index (χ2v) is 7.29. The Labute approximate surface area is 174 Å². The molecule has 0 bridgehead atoms. The number of rotatable bonds is 5. The van der Waals surface area contributed by atoms with Gasteiger partial charge in [-0.25, -0.2) is 0 Å². The third kappa shape index (κ3) is 4.65. The van der Waals surface area contributed by atoms with Crippen LogP contribution >= 0.6 is 23.1 Å². The van der Waals surface area contributed by atoms with Gasteiger partial charge in [0.25, 0.3) is 4.21 Å². The fourth-order valence-corrected chi connectivity index (χ4v) is 4.36. The van der Waals surface area contributed by atoms with Crippen molar-refractivity contribution < 1.29 is 33.5 Å². The zero-order chi connectivity index (χ0) is 16.9. The summed E-state index contributed by atoms with van der Waals surface area (Å²) in [4.78, 5) is 1.25. The molecule has 0 aliphatic carbocycles. The fourth-order valence-electron chi connectivity index (χ4n) is 2.46. The lowest BCUT2D eigenvalue weighted by molar-refractivity contribution is -0.00000529. The smallest absolute Gasteiger partial charge is 0.272 e. The predicted octanol–water partition coefficient (Wildman–Crippen LogP) is 3.11. The molecule has 0 atom stereocenters. The van der Waals surface area contributed by atoms with Gasteiger partial charge in [0.2, 0.25) is 16.2 Å². The Bertz CT molecular complexity index is 818. The van der Waals surface area contributed by atoms with E-state index in [1.807, 2.05) is 35.6 Å². The van der Waals surface area contributed by atoms with E-state index in [2.05, 4.69) is 42.7 Å². The molecule has 0 spiro atoms. The molecule has 0 radical (unpaired) electrons. The van der Waals surface area contributed by atoms with Gasteiger partial charge in [0, 0.05) is 11.6 Å². The van der Waals surface area contributed by atoms with Gasteiger partial charge in [-0.15, -0.1) is 0 Å². The summed E-state index contributed by atoms with van der Waals surface area (Å²) in [5.74, 6) is 1.76. The molecule has 0 aliphatic heterocycles. The fraction of sp³-hybridized carbons (Fsp3) is 0.150. The summed E-state index contributed by atoms with van der Waals surface area (Å²) in [6.45, 7) is 0. The van der Waals surface area contributed by atoms with Crippen LogP contribution in [-0.4, -0.2) is 20.5 Å². The molecule has 3 rings (SSSR count). The first-order valence-corrected chi connectivity index (χ1v) is 9.59. The van der Waals surface area contributed by atoms with Crippen molar-refractivity contribution in [2.45, 2.75) is 4.21 Å². The van der Waals surface area contributed by atoms with Crippen molar-refractivity contribution in [3.8, 4) is 33.1 Å². The average molecular weight is 482 g/mol. The normalized spacial score (nSPS) is 10.0. The first-order valence-electron chi connectivity index (χ1n) is 7.55. The van der Waals surface area contributed by atoms with Crippen molar-refractivity contribution in [1.29, 1.82) is 0 Å². The zero-order valence-electron chi connectivity index (χ0n) is 14.3. The standard InChI is InChI=1S/C20H19O2S2.HI/c1-21-16-8-4-14(5-9-16)18-12-13-19(24-20(18)23-3)15-6-10-17(22-2)11-7-15;/h4-13H,1-3H3;1H/q+1;/p-1. The molecule has 1 aromatic heterocycles. The largest absolute Gasteiger partial charge is 1.00 e. The Hall–Kier alpha value is -1.31. The van der Waals surface area contributed by atoms with Crippen LogP contribution in [0.15, 0.2) is 64.9 Å². The van der Waals surface area contributed by atoms with Crippen LogP contribution in [0.2, 0.25) is 0 Å². The van der Waals surface area contributed by atoms with E-state index in [9.17, 15) is 0 Å². The third-order valence-electron chi connectivity index (χ3n) is 3.78. The number of hydrogen-bond acceptors (Lipinski definition) is 3. The SMILES string of the molecule is COc1ccc(-c2ccc(-c3ccc(OC)cc3)c(SC)[s+]2)cc1.[I-].